The van der Waals surface area contributed by atoms with Crippen LogP contribution in [0.4, 0.5) is 8.78 Å². The molecule has 0 spiro atoms. The van der Waals surface area contributed by atoms with E-state index in [4.69, 9.17) is 5.11 Å². The Morgan fingerprint density at radius 1 is 1.29 bits per heavy atom. The summed E-state index contributed by atoms with van der Waals surface area (Å²) in [6.45, 7) is 1.35. The average molecular weight is 297 g/mol. The van der Waals surface area contributed by atoms with Crippen molar-refractivity contribution in [3.63, 3.8) is 0 Å². The fourth-order valence-corrected chi connectivity index (χ4v) is 2.87. The Morgan fingerprint density at radius 3 is 2.43 bits per heavy atom. The van der Waals surface area contributed by atoms with Gasteiger partial charge in [-0.3, -0.25) is 9.59 Å². The zero-order valence-corrected chi connectivity index (χ0v) is 11.7. The van der Waals surface area contributed by atoms with Gasteiger partial charge in [0.1, 0.15) is 17.7 Å². The van der Waals surface area contributed by atoms with Gasteiger partial charge >= 0.3 is 5.97 Å². The maximum absolute atomic E-state index is 14.1. The standard InChI is InChI=1S/C15H17F2NO3/c1-9(13(19)20)18-14(21)15(6-2-3-7-15)11-5-4-10(16)8-12(11)17/h4-5,8-9H,2-3,6-7H2,1H3,(H,18,21)(H,19,20)/t9-/m1/s1. The Bertz CT molecular complexity index is 568. The highest BCUT2D eigenvalue weighted by Gasteiger charge is 2.45. The lowest BCUT2D eigenvalue weighted by Crippen LogP contribution is -2.48. The Hall–Kier alpha value is -1.98. The molecule has 114 valence electrons. The molecule has 0 saturated heterocycles. The van der Waals surface area contributed by atoms with Crippen LogP contribution in [-0.2, 0) is 15.0 Å². The Balaban J connectivity index is 2.36. The normalized spacial score (nSPS) is 18.2. The molecule has 21 heavy (non-hydrogen) atoms. The molecule has 0 heterocycles. The first-order chi connectivity index (χ1) is 9.86. The number of carbonyl (C=O) groups is 2. The number of hydrogen-bond donors (Lipinski definition) is 2. The van der Waals surface area contributed by atoms with Crippen LogP contribution in [0.25, 0.3) is 0 Å². The lowest BCUT2D eigenvalue weighted by Gasteiger charge is -2.29. The van der Waals surface area contributed by atoms with Gasteiger partial charge in [0, 0.05) is 11.6 Å². The first-order valence-corrected chi connectivity index (χ1v) is 6.86. The monoisotopic (exact) mass is 297 g/mol. The van der Waals surface area contributed by atoms with Gasteiger partial charge in [0.25, 0.3) is 0 Å². The quantitative estimate of drug-likeness (QED) is 0.896. The molecule has 2 rings (SSSR count). The number of aliphatic carboxylic acids is 1. The van der Waals surface area contributed by atoms with Crippen LogP contribution in [0.3, 0.4) is 0 Å². The number of hydrogen-bond acceptors (Lipinski definition) is 2. The van der Waals surface area contributed by atoms with Crippen LogP contribution >= 0.6 is 0 Å². The third-order valence-corrected chi connectivity index (χ3v) is 4.06. The number of rotatable bonds is 4. The van der Waals surface area contributed by atoms with E-state index in [1.54, 1.807) is 0 Å². The van der Waals surface area contributed by atoms with Gasteiger partial charge in [-0.05, 0) is 25.8 Å². The van der Waals surface area contributed by atoms with Gasteiger partial charge in [-0.15, -0.1) is 0 Å². The minimum absolute atomic E-state index is 0.136. The molecule has 0 bridgehead atoms. The topological polar surface area (TPSA) is 66.4 Å². The maximum Gasteiger partial charge on any atom is 0.325 e. The van der Waals surface area contributed by atoms with Crippen LogP contribution < -0.4 is 5.32 Å². The molecular formula is C15H17F2NO3. The minimum atomic E-state index is -1.16. The van der Waals surface area contributed by atoms with Crippen molar-refractivity contribution in [2.45, 2.75) is 44.1 Å². The van der Waals surface area contributed by atoms with Crippen molar-refractivity contribution in [3.8, 4) is 0 Å². The maximum atomic E-state index is 14.1. The molecule has 0 aromatic heterocycles. The molecule has 6 heteroatoms. The molecule has 1 atom stereocenters. The average Bonchev–Trinajstić information content (AvgIpc) is 2.88. The third kappa shape index (κ3) is 2.89. The summed E-state index contributed by atoms with van der Waals surface area (Å²) in [4.78, 5) is 23.3. The van der Waals surface area contributed by atoms with E-state index < -0.39 is 35.0 Å². The van der Waals surface area contributed by atoms with Crippen LogP contribution in [0.5, 0.6) is 0 Å². The lowest BCUT2D eigenvalue weighted by molar-refractivity contribution is -0.142. The summed E-state index contributed by atoms with van der Waals surface area (Å²) in [5.41, 5.74) is -0.974. The van der Waals surface area contributed by atoms with E-state index in [1.165, 1.54) is 13.0 Å². The van der Waals surface area contributed by atoms with Crippen molar-refractivity contribution < 1.29 is 23.5 Å². The smallest absolute Gasteiger partial charge is 0.325 e. The second kappa shape index (κ2) is 5.79. The molecule has 0 aliphatic heterocycles. The van der Waals surface area contributed by atoms with Crippen molar-refractivity contribution in [1.29, 1.82) is 0 Å². The molecule has 0 unspecified atom stereocenters. The zero-order valence-electron chi connectivity index (χ0n) is 11.7. The molecular weight excluding hydrogens is 280 g/mol. The SMILES string of the molecule is C[C@@H](NC(=O)C1(c2ccc(F)cc2F)CCCC1)C(=O)O. The van der Waals surface area contributed by atoms with Gasteiger partial charge in [0.15, 0.2) is 0 Å². The van der Waals surface area contributed by atoms with Gasteiger partial charge in [-0.1, -0.05) is 18.9 Å². The number of carboxylic acids is 1. The second-order valence-electron chi connectivity index (χ2n) is 5.45. The first kappa shape index (κ1) is 15.4. The summed E-state index contributed by atoms with van der Waals surface area (Å²) < 4.78 is 27.1. The van der Waals surface area contributed by atoms with Crippen LogP contribution in [0, 0.1) is 11.6 Å². The lowest BCUT2D eigenvalue weighted by atomic mass is 9.77. The number of halogens is 2. The predicted molar refractivity (Wildman–Crippen MR) is 71.7 cm³/mol. The zero-order chi connectivity index (χ0) is 15.6. The Kier molecular flexibility index (Phi) is 4.25. The summed E-state index contributed by atoms with van der Waals surface area (Å²) in [7, 11) is 0. The van der Waals surface area contributed by atoms with E-state index in [9.17, 15) is 18.4 Å². The van der Waals surface area contributed by atoms with E-state index in [-0.39, 0.29) is 5.56 Å². The highest BCUT2D eigenvalue weighted by Crippen LogP contribution is 2.42. The van der Waals surface area contributed by atoms with E-state index in [2.05, 4.69) is 5.32 Å². The van der Waals surface area contributed by atoms with Gasteiger partial charge in [-0.2, -0.15) is 0 Å². The fraction of sp³-hybridized carbons (Fsp3) is 0.467. The molecule has 4 nitrogen and oxygen atoms in total. The second-order valence-corrected chi connectivity index (χ2v) is 5.45. The van der Waals surface area contributed by atoms with Crippen molar-refractivity contribution in [2.24, 2.45) is 0 Å². The van der Waals surface area contributed by atoms with E-state index >= 15 is 0 Å². The Morgan fingerprint density at radius 2 is 1.90 bits per heavy atom. The van der Waals surface area contributed by atoms with Gasteiger partial charge in [0.2, 0.25) is 5.91 Å². The number of carboxylic acid groups (broad SMARTS) is 1. The molecule has 1 aromatic rings. The number of benzene rings is 1. The van der Waals surface area contributed by atoms with Crippen LogP contribution in [-0.4, -0.2) is 23.0 Å². The van der Waals surface area contributed by atoms with Crippen molar-refractivity contribution >= 4 is 11.9 Å². The predicted octanol–water partition coefficient (Wildman–Crippen LogP) is 2.37. The molecule has 2 N–H and O–H groups in total. The third-order valence-electron chi connectivity index (χ3n) is 4.06. The van der Waals surface area contributed by atoms with E-state index in [0.29, 0.717) is 12.8 Å². The molecule has 1 aliphatic rings. The van der Waals surface area contributed by atoms with E-state index in [1.807, 2.05) is 0 Å². The fourth-order valence-electron chi connectivity index (χ4n) is 2.87. The molecule has 1 aliphatic carbocycles. The number of nitrogens with one attached hydrogen (secondary N) is 1. The molecule has 1 aromatic carbocycles. The highest BCUT2D eigenvalue weighted by atomic mass is 19.1. The summed E-state index contributed by atoms with van der Waals surface area (Å²) in [5, 5.41) is 11.3. The largest absolute Gasteiger partial charge is 0.480 e. The number of carbonyl (C=O) groups excluding carboxylic acids is 1. The number of amides is 1. The van der Waals surface area contributed by atoms with Crippen molar-refractivity contribution in [1.82, 2.24) is 5.32 Å². The summed E-state index contributed by atoms with van der Waals surface area (Å²) in [5.74, 6) is -3.14. The van der Waals surface area contributed by atoms with Crippen LogP contribution in [0.2, 0.25) is 0 Å². The minimum Gasteiger partial charge on any atom is -0.480 e. The molecule has 1 amide bonds. The van der Waals surface area contributed by atoms with Gasteiger partial charge in [0.05, 0.1) is 5.41 Å². The Labute approximate surface area is 121 Å². The summed E-state index contributed by atoms with van der Waals surface area (Å²) in [6.07, 6.45) is 2.33. The van der Waals surface area contributed by atoms with E-state index in [0.717, 1.165) is 25.0 Å². The van der Waals surface area contributed by atoms with Crippen LogP contribution in [0.15, 0.2) is 18.2 Å². The first-order valence-electron chi connectivity index (χ1n) is 6.86. The summed E-state index contributed by atoms with van der Waals surface area (Å²) in [6, 6.07) is 2.09. The van der Waals surface area contributed by atoms with Crippen LogP contribution in [0.1, 0.15) is 38.2 Å². The van der Waals surface area contributed by atoms with Gasteiger partial charge < -0.3 is 10.4 Å². The van der Waals surface area contributed by atoms with Crippen molar-refractivity contribution in [3.05, 3.63) is 35.4 Å². The molecule has 0 radical (unpaired) electrons. The highest BCUT2D eigenvalue weighted by molar-refractivity contribution is 5.91. The molecule has 1 fully saturated rings. The molecule has 1 saturated carbocycles. The summed E-state index contributed by atoms with van der Waals surface area (Å²) >= 11 is 0. The van der Waals surface area contributed by atoms with Gasteiger partial charge in [-0.25, -0.2) is 8.78 Å². The van der Waals surface area contributed by atoms with Crippen molar-refractivity contribution in [2.75, 3.05) is 0 Å².